The highest BCUT2D eigenvalue weighted by atomic mass is 32.2. The molecule has 6 nitrogen and oxygen atoms in total. The molecule has 0 saturated carbocycles. The Hall–Kier alpha value is -1.89. The Labute approximate surface area is 129 Å². The number of carbonyl (C=O) groups excluding carboxylic acids is 1. The van der Waals surface area contributed by atoms with Crippen LogP contribution in [0.25, 0.3) is 11.0 Å². The van der Waals surface area contributed by atoms with Gasteiger partial charge in [-0.05, 0) is 25.5 Å². The van der Waals surface area contributed by atoms with E-state index in [1.807, 2.05) is 31.2 Å². The maximum atomic E-state index is 12.0. The Morgan fingerprint density at radius 3 is 2.91 bits per heavy atom. The largest absolute Gasteiger partial charge is 0.354 e. The van der Waals surface area contributed by atoms with Gasteiger partial charge >= 0.3 is 0 Å². The van der Waals surface area contributed by atoms with Crippen molar-refractivity contribution in [2.24, 2.45) is 5.92 Å². The highest BCUT2D eigenvalue weighted by molar-refractivity contribution is 7.91. The number of rotatable bonds is 4. The van der Waals surface area contributed by atoms with Gasteiger partial charge in [0.05, 0.1) is 28.5 Å². The lowest BCUT2D eigenvalue weighted by Crippen LogP contribution is -2.33. The van der Waals surface area contributed by atoms with Gasteiger partial charge < -0.3 is 9.88 Å². The molecule has 1 aromatic heterocycles. The van der Waals surface area contributed by atoms with Gasteiger partial charge in [-0.15, -0.1) is 0 Å². The monoisotopic (exact) mass is 321 g/mol. The van der Waals surface area contributed by atoms with E-state index < -0.39 is 15.8 Å². The third-order valence-corrected chi connectivity index (χ3v) is 5.85. The molecule has 0 spiro atoms. The van der Waals surface area contributed by atoms with Gasteiger partial charge in [-0.3, -0.25) is 4.79 Å². The van der Waals surface area contributed by atoms with Crippen LogP contribution in [0.15, 0.2) is 24.3 Å². The minimum absolute atomic E-state index is 0.0220. The number of hydrogen-bond donors (Lipinski definition) is 1. The third-order valence-electron chi connectivity index (χ3n) is 4.08. The average molecular weight is 321 g/mol. The summed E-state index contributed by atoms with van der Waals surface area (Å²) in [5.41, 5.74) is 1.98. The predicted molar refractivity (Wildman–Crippen MR) is 84.2 cm³/mol. The highest BCUT2D eigenvalue weighted by Gasteiger charge is 2.32. The summed E-state index contributed by atoms with van der Waals surface area (Å²) in [6.45, 7) is 3.03. The number of imidazole rings is 1. The van der Waals surface area contributed by atoms with E-state index in [1.165, 1.54) is 0 Å². The summed E-state index contributed by atoms with van der Waals surface area (Å²) >= 11 is 0. The smallest absolute Gasteiger partial charge is 0.224 e. The van der Waals surface area contributed by atoms with Crippen LogP contribution >= 0.6 is 0 Å². The zero-order chi connectivity index (χ0) is 15.7. The van der Waals surface area contributed by atoms with Crippen molar-refractivity contribution in [2.75, 3.05) is 18.1 Å². The maximum Gasteiger partial charge on any atom is 0.224 e. The molecule has 1 fully saturated rings. The van der Waals surface area contributed by atoms with Crippen LogP contribution in [0.1, 0.15) is 12.2 Å². The van der Waals surface area contributed by atoms with Gasteiger partial charge in [0.2, 0.25) is 5.91 Å². The summed E-state index contributed by atoms with van der Waals surface area (Å²) in [5.74, 6) is 0.440. The minimum Gasteiger partial charge on any atom is -0.354 e. The molecular formula is C15H19N3O3S. The van der Waals surface area contributed by atoms with Crippen LogP contribution in [0.4, 0.5) is 0 Å². The lowest BCUT2D eigenvalue weighted by molar-refractivity contribution is -0.124. The van der Waals surface area contributed by atoms with E-state index in [-0.39, 0.29) is 17.4 Å². The number of aromatic nitrogens is 2. The van der Waals surface area contributed by atoms with E-state index in [1.54, 1.807) is 0 Å². The minimum atomic E-state index is -3.02. The molecule has 22 heavy (non-hydrogen) atoms. The molecule has 1 N–H and O–H groups in total. The second kappa shape index (κ2) is 5.72. The molecule has 2 aromatic rings. The molecule has 1 aliphatic heterocycles. The second-order valence-corrected chi connectivity index (χ2v) is 7.92. The molecule has 3 rings (SSSR count). The van der Waals surface area contributed by atoms with Crippen LogP contribution in [-0.2, 0) is 21.2 Å². The predicted octanol–water partition coefficient (Wildman–Crippen LogP) is 0.896. The van der Waals surface area contributed by atoms with Crippen LogP contribution in [0.2, 0.25) is 0 Å². The normalized spacial score (nSPS) is 20.3. The summed E-state index contributed by atoms with van der Waals surface area (Å²) in [4.78, 5) is 16.5. The number of para-hydroxylation sites is 2. The highest BCUT2D eigenvalue weighted by Crippen LogP contribution is 2.18. The Morgan fingerprint density at radius 1 is 1.41 bits per heavy atom. The molecule has 7 heteroatoms. The first kappa shape index (κ1) is 15.0. The fraction of sp³-hybridized carbons (Fsp3) is 0.467. The van der Waals surface area contributed by atoms with Crippen molar-refractivity contribution < 1.29 is 13.2 Å². The standard InChI is InChI=1S/C15H19N3O3S/c1-11-17-13-4-2-3-5-14(13)18(11)8-7-16-15(19)12-6-9-22(20,21)10-12/h2-5,12H,6-10H2,1H3,(H,16,19). The Kier molecular flexibility index (Phi) is 3.90. The van der Waals surface area contributed by atoms with Gasteiger partial charge in [0.15, 0.2) is 9.84 Å². The van der Waals surface area contributed by atoms with E-state index in [0.29, 0.717) is 19.5 Å². The summed E-state index contributed by atoms with van der Waals surface area (Å²) in [6, 6.07) is 7.87. The fourth-order valence-corrected chi connectivity index (χ4v) is 4.66. The van der Waals surface area contributed by atoms with Crippen molar-refractivity contribution in [3.63, 3.8) is 0 Å². The average Bonchev–Trinajstić information content (AvgIpc) is 2.99. The van der Waals surface area contributed by atoms with Crippen molar-refractivity contribution >= 4 is 26.8 Å². The number of aryl methyl sites for hydroxylation is 1. The van der Waals surface area contributed by atoms with Gasteiger partial charge in [-0.2, -0.15) is 0 Å². The number of nitrogens with zero attached hydrogens (tertiary/aromatic N) is 2. The van der Waals surface area contributed by atoms with Crippen molar-refractivity contribution in [2.45, 2.75) is 19.9 Å². The number of benzene rings is 1. The molecule has 0 radical (unpaired) electrons. The quantitative estimate of drug-likeness (QED) is 0.907. The van der Waals surface area contributed by atoms with Crippen molar-refractivity contribution in [1.82, 2.24) is 14.9 Å². The Balaban J connectivity index is 1.61. The Morgan fingerprint density at radius 2 is 2.18 bits per heavy atom. The topological polar surface area (TPSA) is 81.1 Å². The van der Waals surface area contributed by atoms with Gasteiger partial charge in [0.1, 0.15) is 5.82 Å². The van der Waals surface area contributed by atoms with E-state index >= 15 is 0 Å². The zero-order valence-corrected chi connectivity index (χ0v) is 13.3. The van der Waals surface area contributed by atoms with E-state index in [9.17, 15) is 13.2 Å². The molecular weight excluding hydrogens is 302 g/mol. The number of hydrogen-bond acceptors (Lipinski definition) is 4. The number of sulfone groups is 1. The summed E-state index contributed by atoms with van der Waals surface area (Å²) in [6.07, 6.45) is 0.432. The van der Waals surface area contributed by atoms with Crippen LogP contribution in [0, 0.1) is 12.8 Å². The number of fused-ring (bicyclic) bond motifs is 1. The van der Waals surface area contributed by atoms with E-state index in [2.05, 4.69) is 14.9 Å². The van der Waals surface area contributed by atoms with Gasteiger partial charge in [-0.1, -0.05) is 12.1 Å². The number of carbonyl (C=O) groups is 1. The molecule has 1 atom stereocenters. The first-order valence-corrected chi connectivity index (χ1v) is 9.18. The summed E-state index contributed by atoms with van der Waals surface area (Å²) in [5, 5.41) is 2.84. The van der Waals surface area contributed by atoms with E-state index in [4.69, 9.17) is 0 Å². The Bertz CT molecular complexity index is 811. The van der Waals surface area contributed by atoms with Crippen LogP contribution < -0.4 is 5.32 Å². The van der Waals surface area contributed by atoms with Crippen LogP contribution in [0.5, 0.6) is 0 Å². The molecule has 1 unspecified atom stereocenters. The third kappa shape index (κ3) is 2.99. The lowest BCUT2D eigenvalue weighted by atomic mass is 10.1. The number of amides is 1. The molecule has 118 valence electrons. The SMILES string of the molecule is Cc1nc2ccccc2n1CCNC(=O)C1CCS(=O)(=O)C1. The molecule has 1 aromatic carbocycles. The number of nitrogens with one attached hydrogen (secondary N) is 1. The molecule has 1 saturated heterocycles. The summed E-state index contributed by atoms with van der Waals surface area (Å²) < 4.78 is 24.9. The second-order valence-electron chi connectivity index (χ2n) is 5.69. The first-order valence-electron chi connectivity index (χ1n) is 7.36. The molecule has 0 aliphatic carbocycles. The van der Waals surface area contributed by atoms with Crippen LogP contribution in [-0.4, -0.2) is 41.9 Å². The maximum absolute atomic E-state index is 12.0. The zero-order valence-electron chi connectivity index (χ0n) is 12.4. The van der Waals surface area contributed by atoms with Crippen molar-refractivity contribution in [3.05, 3.63) is 30.1 Å². The van der Waals surface area contributed by atoms with E-state index in [0.717, 1.165) is 16.9 Å². The molecule has 2 heterocycles. The molecule has 1 aliphatic rings. The first-order chi connectivity index (χ1) is 10.5. The molecule has 0 bridgehead atoms. The van der Waals surface area contributed by atoms with Gasteiger partial charge in [0.25, 0.3) is 0 Å². The summed E-state index contributed by atoms with van der Waals surface area (Å²) in [7, 11) is -3.02. The van der Waals surface area contributed by atoms with Gasteiger partial charge in [-0.25, -0.2) is 13.4 Å². The van der Waals surface area contributed by atoms with Gasteiger partial charge in [0, 0.05) is 13.1 Å². The van der Waals surface area contributed by atoms with Crippen LogP contribution in [0.3, 0.4) is 0 Å². The van der Waals surface area contributed by atoms with Crippen molar-refractivity contribution in [3.8, 4) is 0 Å². The van der Waals surface area contributed by atoms with Crippen molar-refractivity contribution in [1.29, 1.82) is 0 Å². The fourth-order valence-electron chi connectivity index (χ4n) is 2.92. The molecule has 1 amide bonds. The lowest BCUT2D eigenvalue weighted by Gasteiger charge is -2.11.